The Balaban J connectivity index is 1.53. The zero-order valence-corrected chi connectivity index (χ0v) is 19.9. The molecule has 36 heavy (non-hydrogen) atoms. The van der Waals surface area contributed by atoms with Crippen molar-refractivity contribution in [1.82, 2.24) is 5.32 Å². The molecule has 3 aromatic rings. The highest BCUT2D eigenvalue weighted by Gasteiger charge is 2.26. The predicted octanol–water partition coefficient (Wildman–Crippen LogP) is 3.88. The van der Waals surface area contributed by atoms with Gasteiger partial charge in [0.05, 0.1) is 0 Å². The molecule has 0 aliphatic rings. The van der Waals surface area contributed by atoms with Gasteiger partial charge in [0.2, 0.25) is 0 Å². The molecular weight excluding hydrogens is 460 g/mol. The van der Waals surface area contributed by atoms with Gasteiger partial charge in [0, 0.05) is 0 Å². The second kappa shape index (κ2) is 14.3. The Hall–Kier alpha value is -4.17. The number of hydrogen-bond acceptors (Lipinski definition) is 7. The minimum atomic E-state index is -1.05. The monoisotopic (exact) mass is 490 g/mol. The zero-order valence-electron chi connectivity index (χ0n) is 19.9. The Bertz CT molecular complexity index is 1090. The van der Waals surface area contributed by atoms with Crippen LogP contribution in [-0.4, -0.2) is 30.1 Å². The van der Waals surface area contributed by atoms with E-state index in [2.05, 4.69) is 5.32 Å². The molecule has 0 spiro atoms. The summed E-state index contributed by atoms with van der Waals surface area (Å²) in [6.07, 6.45) is -0.617. The van der Waals surface area contributed by atoms with Crippen molar-refractivity contribution in [1.29, 1.82) is 0 Å². The van der Waals surface area contributed by atoms with Gasteiger partial charge in [0.1, 0.15) is 31.9 Å². The maximum Gasteiger partial charge on any atom is 0.408 e. The zero-order chi connectivity index (χ0) is 25.6. The third-order valence-corrected chi connectivity index (χ3v) is 5.31. The Morgan fingerprint density at radius 3 is 1.50 bits per heavy atom. The maximum absolute atomic E-state index is 12.8. The number of alkyl carbamates (subject to hydrolysis) is 1. The van der Waals surface area contributed by atoms with Gasteiger partial charge in [-0.1, -0.05) is 91.0 Å². The van der Waals surface area contributed by atoms with Gasteiger partial charge >= 0.3 is 18.0 Å². The maximum atomic E-state index is 12.8. The van der Waals surface area contributed by atoms with Crippen molar-refractivity contribution >= 4 is 18.0 Å². The van der Waals surface area contributed by atoms with Gasteiger partial charge < -0.3 is 25.3 Å². The molecule has 0 radical (unpaired) electrons. The van der Waals surface area contributed by atoms with Crippen LogP contribution in [0.15, 0.2) is 91.0 Å². The molecule has 1 unspecified atom stereocenters. The van der Waals surface area contributed by atoms with Crippen LogP contribution in [0.5, 0.6) is 0 Å². The van der Waals surface area contributed by atoms with Crippen LogP contribution >= 0.6 is 0 Å². The number of nitrogens with one attached hydrogen (secondary N) is 1. The lowest BCUT2D eigenvalue weighted by atomic mass is 10.1. The van der Waals surface area contributed by atoms with Crippen LogP contribution in [0.1, 0.15) is 29.5 Å². The molecule has 0 aliphatic heterocycles. The lowest BCUT2D eigenvalue weighted by Crippen LogP contribution is -2.43. The van der Waals surface area contributed by atoms with E-state index in [0.717, 1.165) is 16.7 Å². The van der Waals surface area contributed by atoms with Crippen molar-refractivity contribution in [3.05, 3.63) is 108 Å². The second-order valence-electron chi connectivity index (χ2n) is 8.13. The summed E-state index contributed by atoms with van der Waals surface area (Å²) in [5.74, 6) is -1.25. The van der Waals surface area contributed by atoms with Gasteiger partial charge in [-0.05, 0) is 29.5 Å². The predicted molar refractivity (Wildman–Crippen MR) is 133 cm³/mol. The molecule has 3 rings (SSSR count). The lowest BCUT2D eigenvalue weighted by molar-refractivity contribution is -0.149. The summed E-state index contributed by atoms with van der Waals surface area (Å²) < 4.78 is 15.9. The minimum Gasteiger partial charge on any atom is -0.460 e. The van der Waals surface area contributed by atoms with E-state index < -0.39 is 30.1 Å². The number of esters is 2. The van der Waals surface area contributed by atoms with Crippen molar-refractivity contribution in [3.8, 4) is 0 Å². The van der Waals surface area contributed by atoms with E-state index in [1.807, 2.05) is 91.0 Å². The van der Waals surface area contributed by atoms with Crippen LogP contribution in [0.3, 0.4) is 0 Å². The van der Waals surface area contributed by atoms with Gasteiger partial charge in [-0.2, -0.15) is 0 Å². The van der Waals surface area contributed by atoms with E-state index in [1.165, 1.54) is 0 Å². The van der Waals surface area contributed by atoms with Crippen LogP contribution < -0.4 is 11.1 Å². The first-order valence-electron chi connectivity index (χ1n) is 11.6. The van der Waals surface area contributed by atoms with Gasteiger partial charge in [-0.25, -0.2) is 9.59 Å². The van der Waals surface area contributed by atoms with Crippen LogP contribution in [0, 0.1) is 0 Å². The van der Waals surface area contributed by atoms with Crippen molar-refractivity contribution in [2.24, 2.45) is 5.73 Å². The number of carbonyl (C=O) groups excluding carboxylic acids is 3. The van der Waals surface area contributed by atoms with Crippen LogP contribution in [0.4, 0.5) is 4.79 Å². The third-order valence-electron chi connectivity index (χ3n) is 5.31. The fourth-order valence-corrected chi connectivity index (χ4v) is 3.29. The summed E-state index contributed by atoms with van der Waals surface area (Å²) in [7, 11) is 0. The Kier molecular flexibility index (Phi) is 10.5. The third kappa shape index (κ3) is 9.23. The molecule has 3 aromatic carbocycles. The first-order chi connectivity index (χ1) is 17.5. The van der Waals surface area contributed by atoms with Gasteiger partial charge in [-0.3, -0.25) is 4.79 Å². The molecule has 0 heterocycles. The van der Waals surface area contributed by atoms with E-state index in [-0.39, 0.29) is 32.7 Å². The largest absolute Gasteiger partial charge is 0.460 e. The molecule has 0 aliphatic carbocycles. The van der Waals surface area contributed by atoms with Crippen molar-refractivity contribution < 1.29 is 28.6 Å². The molecule has 3 N–H and O–H groups in total. The van der Waals surface area contributed by atoms with Crippen LogP contribution in [0.25, 0.3) is 0 Å². The standard InChI is InChI=1S/C28H30N2O6/c29-24(26(31)34-18-21-10-4-1-5-11-21)16-17-25(27(32)35-19-22-12-6-2-7-13-22)30-28(33)36-20-23-14-8-3-9-15-23/h1-15,24-25H,16-20,29H2,(H,30,33)/t24?,25-/m0/s1. The van der Waals surface area contributed by atoms with E-state index in [0.29, 0.717) is 0 Å². The summed E-state index contributed by atoms with van der Waals surface area (Å²) in [4.78, 5) is 37.5. The average molecular weight is 491 g/mol. The second-order valence-corrected chi connectivity index (χ2v) is 8.13. The fourth-order valence-electron chi connectivity index (χ4n) is 3.29. The summed E-state index contributed by atoms with van der Waals surface area (Å²) in [5, 5.41) is 2.53. The molecule has 8 nitrogen and oxygen atoms in total. The quantitative estimate of drug-likeness (QED) is 0.292. The summed E-state index contributed by atoms with van der Waals surface area (Å²) in [6.45, 7) is 0.186. The molecule has 1 amide bonds. The smallest absolute Gasteiger partial charge is 0.408 e. The minimum absolute atomic E-state index is 0.0437. The Labute approximate surface area is 210 Å². The van der Waals surface area contributed by atoms with E-state index in [1.54, 1.807) is 0 Å². The number of amides is 1. The summed E-state index contributed by atoms with van der Waals surface area (Å²) in [5.41, 5.74) is 8.43. The molecule has 8 heteroatoms. The molecule has 188 valence electrons. The normalized spacial score (nSPS) is 12.1. The number of hydrogen-bond donors (Lipinski definition) is 2. The average Bonchev–Trinajstić information content (AvgIpc) is 2.93. The highest BCUT2D eigenvalue weighted by atomic mass is 16.6. The number of rotatable bonds is 12. The SMILES string of the molecule is NC(CC[C@H](NC(=O)OCc1ccccc1)C(=O)OCc1ccccc1)C(=O)OCc1ccccc1. The van der Waals surface area contributed by atoms with Gasteiger partial charge in [-0.15, -0.1) is 0 Å². The topological polar surface area (TPSA) is 117 Å². The van der Waals surface area contributed by atoms with E-state index in [4.69, 9.17) is 19.9 Å². The number of ether oxygens (including phenoxy) is 3. The number of benzene rings is 3. The first-order valence-corrected chi connectivity index (χ1v) is 11.6. The molecule has 0 saturated heterocycles. The highest BCUT2D eigenvalue weighted by molar-refractivity contribution is 5.81. The summed E-state index contributed by atoms with van der Waals surface area (Å²) in [6, 6.07) is 25.5. The molecule has 0 fully saturated rings. The lowest BCUT2D eigenvalue weighted by Gasteiger charge is -2.19. The van der Waals surface area contributed by atoms with Crippen molar-refractivity contribution in [2.45, 2.75) is 44.7 Å². The van der Waals surface area contributed by atoms with E-state index in [9.17, 15) is 14.4 Å². The molecule has 0 aromatic heterocycles. The van der Waals surface area contributed by atoms with Crippen LogP contribution in [-0.2, 0) is 43.6 Å². The number of carbonyl (C=O) groups is 3. The Morgan fingerprint density at radius 2 is 1.03 bits per heavy atom. The van der Waals surface area contributed by atoms with Gasteiger partial charge in [0.25, 0.3) is 0 Å². The fraction of sp³-hybridized carbons (Fsp3) is 0.250. The molecule has 0 bridgehead atoms. The number of nitrogens with two attached hydrogens (primary N) is 1. The van der Waals surface area contributed by atoms with E-state index >= 15 is 0 Å². The Morgan fingerprint density at radius 1 is 0.611 bits per heavy atom. The molecular formula is C28H30N2O6. The summed E-state index contributed by atoms with van der Waals surface area (Å²) >= 11 is 0. The van der Waals surface area contributed by atoms with Crippen LogP contribution in [0.2, 0.25) is 0 Å². The van der Waals surface area contributed by atoms with Crippen molar-refractivity contribution in [3.63, 3.8) is 0 Å². The molecule has 2 atom stereocenters. The van der Waals surface area contributed by atoms with Gasteiger partial charge in [0.15, 0.2) is 0 Å². The first kappa shape index (κ1) is 26.4. The van der Waals surface area contributed by atoms with Crippen molar-refractivity contribution in [2.75, 3.05) is 0 Å². The molecule has 0 saturated carbocycles. The highest BCUT2D eigenvalue weighted by Crippen LogP contribution is 2.10.